The van der Waals surface area contributed by atoms with Crippen LogP contribution in [-0.2, 0) is 4.79 Å². The quantitative estimate of drug-likeness (QED) is 0.853. The zero-order valence-electron chi connectivity index (χ0n) is 14.0. The number of hydrogen-bond acceptors (Lipinski definition) is 3. The Morgan fingerprint density at radius 2 is 1.88 bits per heavy atom. The predicted molar refractivity (Wildman–Crippen MR) is 94.5 cm³/mol. The van der Waals surface area contributed by atoms with E-state index in [1.807, 2.05) is 56.3 Å². The van der Waals surface area contributed by atoms with Crippen molar-refractivity contribution in [2.45, 2.75) is 20.8 Å². The van der Waals surface area contributed by atoms with E-state index in [2.05, 4.69) is 5.32 Å². The molecule has 1 aliphatic heterocycles. The summed E-state index contributed by atoms with van der Waals surface area (Å²) < 4.78 is 5.79. The molecule has 0 bridgehead atoms. The molecule has 0 spiro atoms. The van der Waals surface area contributed by atoms with Gasteiger partial charge in [0.1, 0.15) is 12.4 Å². The Morgan fingerprint density at radius 3 is 2.54 bits per heavy atom. The van der Waals surface area contributed by atoms with E-state index in [4.69, 9.17) is 4.74 Å². The minimum absolute atomic E-state index is 0.00832. The van der Waals surface area contributed by atoms with Crippen molar-refractivity contribution in [3.63, 3.8) is 0 Å². The second-order valence-electron chi connectivity index (χ2n) is 6.05. The number of ether oxygens (including phenoxy) is 1. The average Bonchev–Trinajstić information content (AvgIpc) is 2.52. The molecule has 0 aromatic heterocycles. The summed E-state index contributed by atoms with van der Waals surface area (Å²) in [5.41, 5.74) is 4.90. The van der Waals surface area contributed by atoms with Gasteiger partial charge in [0.25, 0.3) is 0 Å². The van der Waals surface area contributed by atoms with Crippen molar-refractivity contribution < 1.29 is 14.3 Å². The Bertz CT molecular complexity index is 848. The first-order valence-electron chi connectivity index (χ1n) is 7.81. The summed E-state index contributed by atoms with van der Waals surface area (Å²) in [5.74, 6) is 0.581. The second kappa shape index (κ2) is 6.32. The Morgan fingerprint density at radius 1 is 1.17 bits per heavy atom. The number of benzene rings is 2. The number of Topliss-reactive ketones (excluding diaryl/α,β-unsaturated/α-hetero) is 1. The molecule has 3 rings (SSSR count). The normalized spacial score (nSPS) is 15.0. The van der Waals surface area contributed by atoms with Crippen LogP contribution in [0.4, 0.5) is 5.69 Å². The van der Waals surface area contributed by atoms with Crippen LogP contribution >= 0.6 is 0 Å². The van der Waals surface area contributed by atoms with Gasteiger partial charge < -0.3 is 10.1 Å². The number of hydrogen-bond donors (Lipinski definition) is 1. The highest BCUT2D eigenvalue weighted by Crippen LogP contribution is 2.32. The van der Waals surface area contributed by atoms with Crippen LogP contribution in [-0.4, -0.2) is 18.3 Å². The van der Waals surface area contributed by atoms with Crippen molar-refractivity contribution in [1.82, 2.24) is 0 Å². The van der Waals surface area contributed by atoms with Gasteiger partial charge in [0.2, 0.25) is 5.91 Å². The summed E-state index contributed by atoms with van der Waals surface area (Å²) >= 11 is 0. The highest BCUT2D eigenvalue weighted by molar-refractivity contribution is 6.14. The number of nitrogens with one attached hydrogen (secondary N) is 1. The molecular weight excluding hydrogens is 302 g/mol. The maximum atomic E-state index is 12.7. The van der Waals surface area contributed by atoms with Crippen molar-refractivity contribution in [3.05, 3.63) is 64.2 Å². The van der Waals surface area contributed by atoms with E-state index in [0.29, 0.717) is 16.9 Å². The van der Waals surface area contributed by atoms with Gasteiger partial charge in [-0.15, -0.1) is 0 Å². The molecule has 0 aliphatic carbocycles. The molecule has 0 radical (unpaired) electrons. The van der Waals surface area contributed by atoms with Gasteiger partial charge in [0.05, 0.1) is 5.56 Å². The number of carbonyl (C=O) groups excluding carboxylic acids is 2. The monoisotopic (exact) mass is 321 g/mol. The van der Waals surface area contributed by atoms with Crippen molar-refractivity contribution in [3.8, 4) is 5.75 Å². The first-order valence-corrected chi connectivity index (χ1v) is 7.81. The Kier molecular flexibility index (Phi) is 4.21. The van der Waals surface area contributed by atoms with E-state index in [1.54, 1.807) is 0 Å². The maximum absolute atomic E-state index is 12.7. The van der Waals surface area contributed by atoms with Crippen LogP contribution in [0.25, 0.3) is 6.08 Å². The van der Waals surface area contributed by atoms with Crippen LogP contribution in [0.2, 0.25) is 0 Å². The molecule has 1 N–H and O–H groups in total. The molecule has 1 amide bonds. The number of fused-ring (bicyclic) bond motifs is 1. The molecule has 0 saturated carbocycles. The van der Waals surface area contributed by atoms with E-state index in [9.17, 15) is 9.59 Å². The number of anilines is 1. The lowest BCUT2D eigenvalue weighted by atomic mass is 9.95. The van der Waals surface area contributed by atoms with Crippen LogP contribution < -0.4 is 10.1 Å². The lowest BCUT2D eigenvalue weighted by Gasteiger charge is -2.21. The molecule has 1 aliphatic rings. The topological polar surface area (TPSA) is 55.4 Å². The van der Waals surface area contributed by atoms with Gasteiger partial charge in [0.15, 0.2) is 5.78 Å². The zero-order chi connectivity index (χ0) is 17.3. The summed E-state index contributed by atoms with van der Waals surface area (Å²) in [6, 6.07) is 11.2. The van der Waals surface area contributed by atoms with Crippen molar-refractivity contribution in [2.75, 3.05) is 11.9 Å². The molecule has 2 aromatic carbocycles. The highest BCUT2D eigenvalue weighted by atomic mass is 16.5. The average molecular weight is 321 g/mol. The second-order valence-corrected chi connectivity index (χ2v) is 6.05. The molecule has 122 valence electrons. The minimum Gasteiger partial charge on any atom is -0.488 e. The Balaban J connectivity index is 1.89. The summed E-state index contributed by atoms with van der Waals surface area (Å²) in [7, 11) is 0. The number of ketones is 1. The molecule has 0 fully saturated rings. The molecule has 0 saturated heterocycles. The Hall–Kier alpha value is -2.88. The molecule has 4 heteroatoms. The fourth-order valence-electron chi connectivity index (χ4n) is 2.88. The summed E-state index contributed by atoms with van der Waals surface area (Å²) in [4.78, 5) is 23.8. The highest BCUT2D eigenvalue weighted by Gasteiger charge is 2.24. The predicted octanol–water partition coefficient (Wildman–Crippen LogP) is 3.92. The maximum Gasteiger partial charge on any atom is 0.221 e. The van der Waals surface area contributed by atoms with Crippen molar-refractivity contribution >= 4 is 23.5 Å². The smallest absolute Gasteiger partial charge is 0.221 e. The molecular formula is C20H19NO3. The zero-order valence-corrected chi connectivity index (χ0v) is 14.0. The van der Waals surface area contributed by atoms with Crippen LogP contribution in [0.15, 0.2) is 42.0 Å². The molecule has 2 aromatic rings. The van der Waals surface area contributed by atoms with Crippen LogP contribution in [0.1, 0.15) is 34.0 Å². The molecule has 0 unspecified atom stereocenters. The van der Waals surface area contributed by atoms with E-state index >= 15 is 0 Å². The van der Waals surface area contributed by atoms with Crippen molar-refractivity contribution in [2.24, 2.45) is 0 Å². The number of carbonyl (C=O) groups is 2. The SMILES string of the molecule is CC(=O)Nc1ccc(/C=C2\COc3c(C)cc(C)cc3C2=O)cc1. The molecule has 1 heterocycles. The van der Waals surface area contributed by atoms with E-state index < -0.39 is 0 Å². The summed E-state index contributed by atoms with van der Waals surface area (Å²) in [6.07, 6.45) is 1.83. The standard InChI is InChI=1S/C20H19NO3/c1-12-8-13(2)20-18(9-12)19(23)16(11-24-20)10-15-4-6-17(7-5-15)21-14(3)22/h4-10H,11H2,1-3H3,(H,21,22)/b16-10+. The first kappa shape index (κ1) is 16.0. The molecule has 4 nitrogen and oxygen atoms in total. The fourth-order valence-corrected chi connectivity index (χ4v) is 2.88. The number of rotatable bonds is 2. The third-order valence-corrected chi connectivity index (χ3v) is 3.90. The van der Waals surface area contributed by atoms with E-state index in [-0.39, 0.29) is 18.3 Å². The largest absolute Gasteiger partial charge is 0.488 e. The summed E-state index contributed by atoms with van der Waals surface area (Å²) in [6.45, 7) is 5.66. The van der Waals surface area contributed by atoms with Gasteiger partial charge in [-0.3, -0.25) is 9.59 Å². The van der Waals surface area contributed by atoms with Crippen LogP contribution in [0.3, 0.4) is 0 Å². The van der Waals surface area contributed by atoms with Gasteiger partial charge in [0, 0.05) is 18.2 Å². The first-order chi connectivity index (χ1) is 11.4. The molecule has 0 atom stereocenters. The third-order valence-electron chi connectivity index (χ3n) is 3.90. The third kappa shape index (κ3) is 3.23. The molecule has 24 heavy (non-hydrogen) atoms. The number of amides is 1. The van der Waals surface area contributed by atoms with Gasteiger partial charge in [-0.1, -0.05) is 18.2 Å². The lowest BCUT2D eigenvalue weighted by molar-refractivity contribution is -0.114. The van der Waals surface area contributed by atoms with E-state index in [0.717, 1.165) is 22.4 Å². The van der Waals surface area contributed by atoms with Gasteiger partial charge in [-0.25, -0.2) is 0 Å². The Labute approximate surface area is 141 Å². The number of aryl methyl sites for hydroxylation is 2. The van der Waals surface area contributed by atoms with E-state index in [1.165, 1.54) is 6.92 Å². The van der Waals surface area contributed by atoms with Gasteiger partial charge in [-0.2, -0.15) is 0 Å². The van der Waals surface area contributed by atoms with Gasteiger partial charge in [-0.05, 0) is 54.8 Å². The minimum atomic E-state index is -0.112. The van der Waals surface area contributed by atoms with Gasteiger partial charge >= 0.3 is 0 Å². The van der Waals surface area contributed by atoms with Crippen LogP contribution in [0, 0.1) is 13.8 Å². The lowest BCUT2D eigenvalue weighted by Crippen LogP contribution is -2.20. The fraction of sp³-hybridized carbons (Fsp3) is 0.200. The van der Waals surface area contributed by atoms with Crippen molar-refractivity contribution in [1.29, 1.82) is 0 Å². The summed E-state index contributed by atoms with van der Waals surface area (Å²) in [5, 5.41) is 2.72. The van der Waals surface area contributed by atoms with Crippen LogP contribution in [0.5, 0.6) is 5.75 Å².